The molecule has 5 heteroatoms. The van der Waals surface area contributed by atoms with Crippen LogP contribution in [0.2, 0.25) is 0 Å². The summed E-state index contributed by atoms with van der Waals surface area (Å²) in [6, 6.07) is 0. The van der Waals surface area contributed by atoms with E-state index in [1.54, 1.807) is 17.3 Å². The monoisotopic (exact) mass is 204 g/mol. The molecular formula is C10H12N4O. The van der Waals surface area contributed by atoms with Crippen LogP contribution in [0.1, 0.15) is 0 Å². The average molecular weight is 204 g/mol. The van der Waals surface area contributed by atoms with Crippen LogP contribution < -0.4 is 10.2 Å². The molecule has 5 nitrogen and oxygen atoms in total. The van der Waals surface area contributed by atoms with E-state index in [0.717, 1.165) is 25.3 Å². The van der Waals surface area contributed by atoms with E-state index in [2.05, 4.69) is 15.3 Å². The molecule has 0 aliphatic carbocycles. The van der Waals surface area contributed by atoms with Gasteiger partial charge in [0.2, 0.25) is 5.91 Å². The zero-order valence-corrected chi connectivity index (χ0v) is 8.26. The van der Waals surface area contributed by atoms with E-state index >= 15 is 0 Å². The average Bonchev–Trinajstić information content (AvgIpc) is 2.83. The minimum Gasteiger partial charge on any atom is -0.316 e. The summed E-state index contributed by atoms with van der Waals surface area (Å²) in [5.41, 5.74) is 0.817. The van der Waals surface area contributed by atoms with E-state index in [4.69, 9.17) is 0 Å². The Kier molecular flexibility index (Phi) is 1.92. The summed E-state index contributed by atoms with van der Waals surface area (Å²) in [6.07, 6.45) is 4.87. The Morgan fingerprint density at radius 2 is 2.13 bits per heavy atom. The van der Waals surface area contributed by atoms with E-state index in [1.807, 2.05) is 0 Å². The number of hydrogen-bond acceptors (Lipinski definition) is 4. The molecule has 78 valence electrons. The van der Waals surface area contributed by atoms with Crippen molar-refractivity contribution < 1.29 is 4.79 Å². The van der Waals surface area contributed by atoms with Crippen molar-refractivity contribution >= 4 is 11.6 Å². The number of nitrogens with zero attached hydrogens (tertiary/aromatic N) is 3. The third-order valence-electron chi connectivity index (χ3n) is 3.20. The molecule has 15 heavy (non-hydrogen) atoms. The molecule has 2 fully saturated rings. The van der Waals surface area contributed by atoms with Crippen LogP contribution in [0.5, 0.6) is 0 Å². The Hall–Kier alpha value is -1.49. The SMILES string of the molecule is O=C1[C@@H]2CNC[C@@H]2CN1c1cncnc1. The third-order valence-corrected chi connectivity index (χ3v) is 3.20. The lowest BCUT2D eigenvalue weighted by atomic mass is 10.0. The van der Waals surface area contributed by atoms with E-state index in [1.165, 1.54) is 6.33 Å². The second-order valence-electron chi connectivity index (χ2n) is 4.07. The molecule has 0 aromatic carbocycles. The fraction of sp³-hybridized carbons (Fsp3) is 0.500. The number of hydrogen-bond donors (Lipinski definition) is 1. The van der Waals surface area contributed by atoms with Crippen LogP contribution in [-0.2, 0) is 4.79 Å². The van der Waals surface area contributed by atoms with Gasteiger partial charge in [-0.3, -0.25) is 4.79 Å². The van der Waals surface area contributed by atoms with Gasteiger partial charge in [0.15, 0.2) is 0 Å². The lowest BCUT2D eigenvalue weighted by Crippen LogP contribution is -2.30. The summed E-state index contributed by atoms with van der Waals surface area (Å²) < 4.78 is 0. The summed E-state index contributed by atoms with van der Waals surface area (Å²) in [7, 11) is 0. The topological polar surface area (TPSA) is 58.1 Å². The van der Waals surface area contributed by atoms with Gasteiger partial charge in [0.1, 0.15) is 6.33 Å². The Morgan fingerprint density at radius 3 is 2.87 bits per heavy atom. The normalized spacial score (nSPS) is 29.6. The van der Waals surface area contributed by atoms with Crippen LogP contribution >= 0.6 is 0 Å². The molecule has 2 aliphatic heterocycles. The van der Waals surface area contributed by atoms with Crippen molar-refractivity contribution in [3.8, 4) is 0 Å². The van der Waals surface area contributed by atoms with E-state index < -0.39 is 0 Å². The minimum atomic E-state index is 0.158. The van der Waals surface area contributed by atoms with Gasteiger partial charge in [-0.15, -0.1) is 0 Å². The highest BCUT2D eigenvalue weighted by atomic mass is 16.2. The third kappa shape index (κ3) is 1.31. The van der Waals surface area contributed by atoms with Crippen LogP contribution in [0.25, 0.3) is 0 Å². The maximum Gasteiger partial charge on any atom is 0.231 e. The maximum absolute atomic E-state index is 12.0. The van der Waals surface area contributed by atoms with Crippen molar-refractivity contribution in [2.45, 2.75) is 0 Å². The molecule has 1 amide bonds. The van der Waals surface area contributed by atoms with Crippen LogP contribution in [-0.4, -0.2) is 35.5 Å². The summed E-state index contributed by atoms with van der Waals surface area (Å²) in [5, 5.41) is 3.25. The number of amides is 1. The molecule has 3 rings (SSSR count). The minimum absolute atomic E-state index is 0.158. The molecule has 0 radical (unpaired) electrons. The predicted octanol–water partition coefficient (Wildman–Crippen LogP) is -0.341. The highest BCUT2D eigenvalue weighted by Gasteiger charge is 2.43. The van der Waals surface area contributed by atoms with Crippen molar-refractivity contribution in [2.75, 3.05) is 24.5 Å². The van der Waals surface area contributed by atoms with Crippen molar-refractivity contribution in [3.63, 3.8) is 0 Å². The zero-order valence-electron chi connectivity index (χ0n) is 8.26. The van der Waals surface area contributed by atoms with Crippen LogP contribution in [0, 0.1) is 11.8 Å². The Bertz CT molecular complexity index is 380. The molecule has 0 unspecified atom stereocenters. The highest BCUT2D eigenvalue weighted by molar-refractivity contribution is 5.97. The highest BCUT2D eigenvalue weighted by Crippen LogP contribution is 2.30. The van der Waals surface area contributed by atoms with Gasteiger partial charge in [0, 0.05) is 25.6 Å². The van der Waals surface area contributed by atoms with Gasteiger partial charge in [-0.1, -0.05) is 0 Å². The largest absolute Gasteiger partial charge is 0.316 e. The zero-order chi connectivity index (χ0) is 10.3. The second kappa shape index (κ2) is 3.27. The number of nitrogens with one attached hydrogen (secondary N) is 1. The van der Waals surface area contributed by atoms with Gasteiger partial charge in [0.05, 0.1) is 24.0 Å². The number of fused-ring (bicyclic) bond motifs is 1. The van der Waals surface area contributed by atoms with Crippen molar-refractivity contribution in [2.24, 2.45) is 11.8 Å². The molecule has 3 heterocycles. The van der Waals surface area contributed by atoms with Crippen LogP contribution in [0.4, 0.5) is 5.69 Å². The Balaban J connectivity index is 1.88. The van der Waals surface area contributed by atoms with Crippen molar-refractivity contribution in [1.29, 1.82) is 0 Å². The molecule has 0 saturated carbocycles. The van der Waals surface area contributed by atoms with Crippen molar-refractivity contribution in [3.05, 3.63) is 18.7 Å². The van der Waals surface area contributed by atoms with E-state index in [0.29, 0.717) is 5.92 Å². The standard InChI is InChI=1S/C10H12N4O/c15-10-9-4-11-1-7(9)5-14(10)8-2-12-6-13-3-8/h2-3,6-7,9,11H,1,4-5H2/t7-,9-/m1/s1. The first kappa shape index (κ1) is 8.79. The molecule has 1 aromatic heterocycles. The fourth-order valence-electron chi connectivity index (χ4n) is 2.40. The lowest BCUT2D eigenvalue weighted by molar-refractivity contribution is -0.120. The number of carbonyl (C=O) groups excluding carboxylic acids is 1. The van der Waals surface area contributed by atoms with Gasteiger partial charge in [-0.25, -0.2) is 9.97 Å². The first-order chi connectivity index (χ1) is 7.36. The first-order valence-electron chi connectivity index (χ1n) is 5.13. The quantitative estimate of drug-likeness (QED) is 0.680. The summed E-state index contributed by atoms with van der Waals surface area (Å²) >= 11 is 0. The van der Waals surface area contributed by atoms with Crippen molar-refractivity contribution in [1.82, 2.24) is 15.3 Å². The molecule has 1 aromatic rings. The summed E-state index contributed by atoms with van der Waals surface area (Å²) in [6.45, 7) is 2.55. The van der Waals surface area contributed by atoms with Crippen LogP contribution in [0.3, 0.4) is 0 Å². The molecule has 0 spiro atoms. The second-order valence-corrected chi connectivity index (χ2v) is 4.07. The molecule has 2 saturated heterocycles. The maximum atomic E-state index is 12.0. The van der Waals surface area contributed by atoms with Gasteiger partial charge >= 0.3 is 0 Å². The fourth-order valence-corrected chi connectivity index (χ4v) is 2.40. The summed E-state index contributed by atoms with van der Waals surface area (Å²) in [4.78, 5) is 21.7. The molecule has 1 N–H and O–H groups in total. The summed E-state index contributed by atoms with van der Waals surface area (Å²) in [5.74, 6) is 0.822. The van der Waals surface area contributed by atoms with Gasteiger partial charge in [-0.05, 0) is 0 Å². The molecule has 2 atom stereocenters. The van der Waals surface area contributed by atoms with Gasteiger partial charge in [0.25, 0.3) is 0 Å². The smallest absolute Gasteiger partial charge is 0.231 e. The van der Waals surface area contributed by atoms with Crippen LogP contribution in [0.15, 0.2) is 18.7 Å². The van der Waals surface area contributed by atoms with E-state index in [-0.39, 0.29) is 11.8 Å². The molecule has 0 bridgehead atoms. The Morgan fingerprint density at radius 1 is 1.33 bits per heavy atom. The number of aromatic nitrogens is 2. The molecular weight excluding hydrogens is 192 g/mol. The predicted molar refractivity (Wildman–Crippen MR) is 54.2 cm³/mol. The van der Waals surface area contributed by atoms with Gasteiger partial charge in [-0.2, -0.15) is 0 Å². The number of rotatable bonds is 1. The number of anilines is 1. The number of carbonyl (C=O) groups is 1. The van der Waals surface area contributed by atoms with E-state index in [9.17, 15) is 4.79 Å². The Labute approximate surface area is 87.5 Å². The van der Waals surface area contributed by atoms with Gasteiger partial charge < -0.3 is 10.2 Å². The molecule has 2 aliphatic rings. The lowest BCUT2D eigenvalue weighted by Gasteiger charge is -2.16. The first-order valence-corrected chi connectivity index (χ1v) is 5.13.